The average Bonchev–Trinajstić information content (AvgIpc) is 2.69. The molecule has 1 saturated carbocycles. The molecule has 134 valence electrons. The Morgan fingerprint density at radius 1 is 1.04 bits per heavy atom. The number of hydrogen-bond acceptors (Lipinski definition) is 3. The quantitative estimate of drug-likeness (QED) is 0.760. The first-order chi connectivity index (χ1) is 12.4. The first kappa shape index (κ1) is 17.9. The van der Waals surface area contributed by atoms with Crippen LogP contribution in [0.1, 0.15) is 44.6 Å². The van der Waals surface area contributed by atoms with Crippen LogP contribution < -0.4 is 10.2 Å². The third-order valence-electron chi connectivity index (χ3n) is 5.41. The van der Waals surface area contributed by atoms with Crippen molar-refractivity contribution in [2.75, 3.05) is 18.0 Å². The number of nitrogens with one attached hydrogen (secondary N) is 1. The molecule has 1 aliphatic rings. The van der Waals surface area contributed by atoms with E-state index < -0.39 is 0 Å². The minimum atomic E-state index is 0.695. The average molecular weight is 338 g/mol. The molecule has 2 unspecified atom stereocenters. The standard InChI is InChI=1S/C22H31N3/c1-2-20-12-6-7-13-21(20)23-16-17-25(22-14-8-9-15-24-22)18-19-10-4-3-5-11-19/h3-5,8-11,14-15,20-21,23H,2,6-7,12-13,16-18H2,1H3. The van der Waals surface area contributed by atoms with Crippen molar-refractivity contribution < 1.29 is 0 Å². The van der Waals surface area contributed by atoms with Gasteiger partial charge in [-0.15, -0.1) is 0 Å². The van der Waals surface area contributed by atoms with E-state index in [4.69, 9.17) is 0 Å². The summed E-state index contributed by atoms with van der Waals surface area (Å²) in [4.78, 5) is 6.95. The Kier molecular flexibility index (Phi) is 6.87. The lowest BCUT2D eigenvalue weighted by Gasteiger charge is -2.33. The Labute approximate surface area is 152 Å². The molecule has 3 rings (SSSR count). The summed E-state index contributed by atoms with van der Waals surface area (Å²) in [5.41, 5.74) is 1.33. The van der Waals surface area contributed by atoms with Gasteiger partial charge in [-0.25, -0.2) is 4.98 Å². The van der Waals surface area contributed by atoms with Crippen LogP contribution in [0.3, 0.4) is 0 Å². The molecule has 1 aromatic carbocycles. The summed E-state index contributed by atoms with van der Waals surface area (Å²) in [6, 6.07) is 17.5. The van der Waals surface area contributed by atoms with Gasteiger partial charge >= 0.3 is 0 Å². The van der Waals surface area contributed by atoms with Crippen LogP contribution >= 0.6 is 0 Å². The zero-order chi connectivity index (χ0) is 17.3. The van der Waals surface area contributed by atoms with E-state index in [2.05, 4.69) is 64.6 Å². The van der Waals surface area contributed by atoms with Gasteiger partial charge in [0.1, 0.15) is 5.82 Å². The molecule has 0 radical (unpaired) electrons. The number of benzene rings is 1. The van der Waals surface area contributed by atoms with Crippen molar-refractivity contribution >= 4 is 5.82 Å². The van der Waals surface area contributed by atoms with E-state index in [1.54, 1.807) is 0 Å². The first-order valence-electron chi connectivity index (χ1n) is 9.80. The molecular formula is C22H31N3. The molecule has 0 spiro atoms. The van der Waals surface area contributed by atoms with Crippen molar-refractivity contribution in [1.29, 1.82) is 0 Å². The van der Waals surface area contributed by atoms with E-state index in [1.165, 1.54) is 37.7 Å². The van der Waals surface area contributed by atoms with Crippen molar-refractivity contribution in [2.24, 2.45) is 5.92 Å². The summed E-state index contributed by atoms with van der Waals surface area (Å²) >= 11 is 0. The summed E-state index contributed by atoms with van der Waals surface area (Å²) in [6.45, 7) is 5.24. The molecule has 1 aromatic heterocycles. The minimum absolute atomic E-state index is 0.695. The first-order valence-corrected chi connectivity index (χ1v) is 9.80. The maximum atomic E-state index is 4.57. The molecular weight excluding hydrogens is 306 g/mol. The second kappa shape index (κ2) is 9.57. The lowest BCUT2D eigenvalue weighted by atomic mass is 9.83. The highest BCUT2D eigenvalue weighted by molar-refractivity contribution is 5.39. The van der Waals surface area contributed by atoms with Crippen molar-refractivity contribution in [2.45, 2.75) is 51.6 Å². The van der Waals surface area contributed by atoms with Crippen LogP contribution in [-0.4, -0.2) is 24.1 Å². The predicted octanol–water partition coefficient (Wildman–Crippen LogP) is 4.65. The second-order valence-corrected chi connectivity index (χ2v) is 7.11. The van der Waals surface area contributed by atoms with Crippen molar-refractivity contribution in [3.05, 3.63) is 60.3 Å². The normalized spacial score (nSPS) is 20.4. The van der Waals surface area contributed by atoms with Gasteiger partial charge in [0.2, 0.25) is 0 Å². The van der Waals surface area contributed by atoms with Crippen LogP contribution in [0.4, 0.5) is 5.82 Å². The van der Waals surface area contributed by atoms with Crippen LogP contribution in [0, 0.1) is 5.92 Å². The highest BCUT2D eigenvalue weighted by Crippen LogP contribution is 2.26. The van der Waals surface area contributed by atoms with Gasteiger partial charge < -0.3 is 10.2 Å². The SMILES string of the molecule is CCC1CCCCC1NCCN(Cc1ccccc1)c1ccccn1. The number of pyridine rings is 1. The van der Waals surface area contributed by atoms with Crippen LogP contribution in [-0.2, 0) is 6.54 Å². The molecule has 0 saturated heterocycles. The van der Waals surface area contributed by atoms with E-state index in [-0.39, 0.29) is 0 Å². The van der Waals surface area contributed by atoms with Gasteiger partial charge in [0.25, 0.3) is 0 Å². The van der Waals surface area contributed by atoms with Gasteiger partial charge in [-0.2, -0.15) is 0 Å². The molecule has 0 aliphatic heterocycles. The maximum Gasteiger partial charge on any atom is 0.128 e. The fourth-order valence-corrected chi connectivity index (χ4v) is 3.97. The van der Waals surface area contributed by atoms with Crippen LogP contribution in [0.25, 0.3) is 0 Å². The molecule has 0 amide bonds. The lowest BCUT2D eigenvalue weighted by Crippen LogP contribution is -2.42. The summed E-state index contributed by atoms with van der Waals surface area (Å²) in [5.74, 6) is 1.91. The molecule has 1 heterocycles. The number of anilines is 1. The molecule has 2 atom stereocenters. The number of aromatic nitrogens is 1. The van der Waals surface area contributed by atoms with Crippen molar-refractivity contribution in [3.8, 4) is 0 Å². The lowest BCUT2D eigenvalue weighted by molar-refractivity contribution is 0.257. The highest BCUT2D eigenvalue weighted by atomic mass is 15.2. The fraction of sp³-hybridized carbons (Fsp3) is 0.500. The van der Waals surface area contributed by atoms with Gasteiger partial charge in [-0.1, -0.05) is 62.6 Å². The molecule has 1 fully saturated rings. The summed E-state index contributed by atoms with van der Waals surface area (Å²) in [6.07, 6.45) is 8.69. The van der Waals surface area contributed by atoms with E-state index in [9.17, 15) is 0 Å². The van der Waals surface area contributed by atoms with Gasteiger partial charge in [0.05, 0.1) is 0 Å². The third kappa shape index (κ3) is 5.30. The Hall–Kier alpha value is -1.87. The zero-order valence-corrected chi connectivity index (χ0v) is 15.4. The van der Waals surface area contributed by atoms with Crippen molar-refractivity contribution in [1.82, 2.24) is 10.3 Å². The van der Waals surface area contributed by atoms with Gasteiger partial charge in [-0.3, -0.25) is 0 Å². The Balaban J connectivity index is 1.60. The summed E-state index contributed by atoms with van der Waals surface area (Å²) < 4.78 is 0. The van der Waals surface area contributed by atoms with Gasteiger partial charge in [0.15, 0.2) is 0 Å². The predicted molar refractivity (Wildman–Crippen MR) is 106 cm³/mol. The van der Waals surface area contributed by atoms with Gasteiger partial charge in [0, 0.05) is 31.9 Å². The number of nitrogens with zero attached hydrogens (tertiary/aromatic N) is 2. The highest BCUT2D eigenvalue weighted by Gasteiger charge is 2.23. The second-order valence-electron chi connectivity index (χ2n) is 7.11. The molecule has 0 bridgehead atoms. The Morgan fingerprint density at radius 2 is 1.84 bits per heavy atom. The molecule has 2 aromatic rings. The monoisotopic (exact) mass is 337 g/mol. The van der Waals surface area contributed by atoms with E-state index in [0.717, 1.165) is 31.4 Å². The van der Waals surface area contributed by atoms with E-state index in [0.29, 0.717) is 6.04 Å². The molecule has 3 heteroatoms. The van der Waals surface area contributed by atoms with Gasteiger partial charge in [-0.05, 0) is 36.5 Å². The maximum absolute atomic E-state index is 4.57. The fourth-order valence-electron chi connectivity index (χ4n) is 3.97. The molecule has 25 heavy (non-hydrogen) atoms. The largest absolute Gasteiger partial charge is 0.351 e. The zero-order valence-electron chi connectivity index (χ0n) is 15.4. The van der Waals surface area contributed by atoms with Crippen LogP contribution in [0.15, 0.2) is 54.7 Å². The summed E-state index contributed by atoms with van der Waals surface area (Å²) in [5, 5.41) is 3.84. The van der Waals surface area contributed by atoms with Crippen molar-refractivity contribution in [3.63, 3.8) is 0 Å². The number of hydrogen-bond donors (Lipinski definition) is 1. The topological polar surface area (TPSA) is 28.2 Å². The molecule has 1 N–H and O–H groups in total. The van der Waals surface area contributed by atoms with Crippen LogP contribution in [0.5, 0.6) is 0 Å². The molecule has 3 nitrogen and oxygen atoms in total. The smallest absolute Gasteiger partial charge is 0.128 e. The van der Waals surface area contributed by atoms with Crippen LogP contribution in [0.2, 0.25) is 0 Å². The number of rotatable bonds is 8. The summed E-state index contributed by atoms with van der Waals surface area (Å²) in [7, 11) is 0. The Morgan fingerprint density at radius 3 is 2.60 bits per heavy atom. The minimum Gasteiger partial charge on any atom is -0.351 e. The van der Waals surface area contributed by atoms with E-state index in [1.807, 2.05) is 12.3 Å². The molecule has 1 aliphatic carbocycles. The Bertz CT molecular complexity index is 599. The van der Waals surface area contributed by atoms with E-state index >= 15 is 0 Å². The third-order valence-corrected chi connectivity index (χ3v) is 5.41.